The van der Waals surface area contributed by atoms with Crippen LogP contribution < -0.4 is 10.2 Å². The van der Waals surface area contributed by atoms with Crippen molar-refractivity contribution >= 4 is 28.3 Å². The van der Waals surface area contributed by atoms with E-state index in [4.69, 9.17) is 0 Å². The number of hydrogen-bond acceptors (Lipinski definition) is 7. The minimum Gasteiger partial charge on any atom is -0.346 e. The molecule has 1 aliphatic carbocycles. The molecule has 2 aliphatic rings. The number of anilines is 1. The maximum Gasteiger partial charge on any atom is 0.417 e. The summed E-state index contributed by atoms with van der Waals surface area (Å²) in [6, 6.07) is 4.04. The molecular weight excluding hydrogens is 605 g/mol. The number of hydrogen-bond donors (Lipinski definition) is 1. The number of thiazole rings is 1. The van der Waals surface area contributed by atoms with E-state index in [0.717, 1.165) is 18.9 Å². The molecule has 44 heavy (non-hydrogen) atoms. The summed E-state index contributed by atoms with van der Waals surface area (Å²) in [5, 5.41) is 9.33. The molecule has 2 fully saturated rings. The number of likely N-dealkylation sites (tertiary alicyclic amines) is 1. The van der Waals surface area contributed by atoms with Gasteiger partial charge in [0.05, 0.1) is 18.2 Å². The van der Waals surface area contributed by atoms with Gasteiger partial charge in [0, 0.05) is 49.6 Å². The summed E-state index contributed by atoms with van der Waals surface area (Å²) in [6.07, 6.45) is 0.212. The average Bonchev–Trinajstić information content (AvgIpc) is 3.76. The van der Waals surface area contributed by atoms with Gasteiger partial charge >= 0.3 is 6.18 Å². The normalized spacial score (nSPS) is 18.3. The topological polar surface area (TPSA) is 96.2 Å². The van der Waals surface area contributed by atoms with E-state index in [2.05, 4.69) is 20.4 Å². The van der Waals surface area contributed by atoms with Crippen molar-refractivity contribution in [1.82, 2.24) is 30.0 Å². The van der Waals surface area contributed by atoms with Crippen molar-refractivity contribution in [3.05, 3.63) is 47.2 Å². The largest absolute Gasteiger partial charge is 0.417 e. The molecule has 5 rings (SSSR count). The average molecular weight is 640 g/mol. The number of piperidine rings is 1. The summed E-state index contributed by atoms with van der Waals surface area (Å²) in [4.78, 5) is 38.1. The Morgan fingerprint density at radius 3 is 2.61 bits per heavy atom. The summed E-state index contributed by atoms with van der Waals surface area (Å²) in [7, 11) is 1.56. The van der Waals surface area contributed by atoms with Gasteiger partial charge in [0.25, 0.3) is 11.8 Å². The minimum atomic E-state index is -4.65. The number of alkyl halides is 5. The van der Waals surface area contributed by atoms with Gasteiger partial charge in [-0.1, -0.05) is 31.0 Å². The fourth-order valence-corrected chi connectivity index (χ4v) is 6.44. The van der Waals surface area contributed by atoms with Gasteiger partial charge in [0.15, 0.2) is 11.0 Å². The van der Waals surface area contributed by atoms with Crippen molar-refractivity contribution in [3.63, 3.8) is 0 Å². The summed E-state index contributed by atoms with van der Waals surface area (Å²) in [5.74, 6) is -4.29. The van der Waals surface area contributed by atoms with Crippen LogP contribution in [0.1, 0.15) is 73.6 Å². The standard InChI is InChI=1S/C29H34F5N7O2S/c1-39(27-35-13-16-44-27)23(42)17-19(11-15-40-14-6-12-28(30,31)18-40)36-26(43)24-37-25(41(38-24)20-7-2-3-8-20)21-9-4-5-10-22(21)29(32,33)34/h4-5,9-10,13,16,19-20H,2-3,6-8,11-12,14-15,17-18H2,1H3,(H,36,43)/t19-/m0/s1. The number of benzene rings is 1. The molecule has 3 aromatic rings. The number of nitrogens with one attached hydrogen (secondary N) is 1. The third-order valence-electron chi connectivity index (χ3n) is 8.08. The molecule has 1 atom stereocenters. The lowest BCUT2D eigenvalue weighted by atomic mass is 10.0. The van der Waals surface area contributed by atoms with Crippen LogP contribution in [0.25, 0.3) is 11.4 Å². The Labute approximate surface area is 255 Å². The quantitative estimate of drug-likeness (QED) is 0.282. The molecule has 1 saturated carbocycles. The van der Waals surface area contributed by atoms with Gasteiger partial charge in [-0.3, -0.25) is 19.4 Å². The maximum atomic E-state index is 14.0. The molecule has 2 amide bonds. The molecule has 1 saturated heterocycles. The molecule has 15 heteroatoms. The van der Waals surface area contributed by atoms with Crippen LogP contribution in [-0.2, 0) is 11.0 Å². The Morgan fingerprint density at radius 2 is 1.93 bits per heavy atom. The van der Waals surface area contributed by atoms with Crippen LogP contribution in [0.5, 0.6) is 0 Å². The highest BCUT2D eigenvalue weighted by atomic mass is 32.1. The molecule has 0 bridgehead atoms. The summed E-state index contributed by atoms with van der Waals surface area (Å²) in [5.41, 5.74) is -1.06. The molecule has 9 nitrogen and oxygen atoms in total. The second-order valence-corrected chi connectivity index (χ2v) is 12.2. The lowest BCUT2D eigenvalue weighted by Crippen LogP contribution is -2.46. The van der Waals surface area contributed by atoms with Crippen LogP contribution in [0, 0.1) is 0 Å². The predicted octanol–water partition coefficient (Wildman–Crippen LogP) is 5.81. The molecule has 2 aromatic heterocycles. The van der Waals surface area contributed by atoms with E-state index in [1.807, 2.05) is 0 Å². The number of amides is 2. The highest BCUT2D eigenvalue weighted by Crippen LogP contribution is 2.39. The van der Waals surface area contributed by atoms with Crippen LogP contribution >= 0.6 is 11.3 Å². The summed E-state index contributed by atoms with van der Waals surface area (Å²) >= 11 is 1.26. The molecular formula is C29H34F5N7O2S. The fraction of sp³-hybridized carbons (Fsp3) is 0.552. The highest BCUT2D eigenvalue weighted by Gasteiger charge is 2.37. The zero-order valence-corrected chi connectivity index (χ0v) is 25.0. The summed E-state index contributed by atoms with van der Waals surface area (Å²) in [6.45, 7) is 0.275. The van der Waals surface area contributed by atoms with Gasteiger partial charge in [0.2, 0.25) is 11.7 Å². The number of aromatic nitrogens is 4. The van der Waals surface area contributed by atoms with Crippen molar-refractivity contribution in [2.24, 2.45) is 0 Å². The van der Waals surface area contributed by atoms with Crippen LogP contribution in [0.3, 0.4) is 0 Å². The van der Waals surface area contributed by atoms with Crippen molar-refractivity contribution in [1.29, 1.82) is 0 Å². The first kappa shape index (κ1) is 31.9. The first-order chi connectivity index (χ1) is 20.9. The van der Waals surface area contributed by atoms with Crippen molar-refractivity contribution < 1.29 is 31.5 Å². The van der Waals surface area contributed by atoms with Crippen LogP contribution in [-0.4, -0.2) is 75.1 Å². The monoisotopic (exact) mass is 639 g/mol. The lowest BCUT2D eigenvalue weighted by molar-refractivity contribution is -0.137. The third-order valence-corrected chi connectivity index (χ3v) is 8.93. The zero-order valence-electron chi connectivity index (χ0n) is 24.2. The van der Waals surface area contributed by atoms with E-state index in [1.165, 1.54) is 39.1 Å². The van der Waals surface area contributed by atoms with Gasteiger partial charge in [-0.2, -0.15) is 13.2 Å². The second-order valence-electron chi connectivity index (χ2n) is 11.4. The first-order valence-electron chi connectivity index (χ1n) is 14.6. The van der Waals surface area contributed by atoms with Gasteiger partial charge in [0.1, 0.15) is 0 Å². The minimum absolute atomic E-state index is 0.0540. The van der Waals surface area contributed by atoms with Crippen LogP contribution in [0.4, 0.5) is 27.1 Å². The van der Waals surface area contributed by atoms with E-state index in [9.17, 15) is 31.5 Å². The Bertz CT molecular complexity index is 1440. The molecule has 1 aliphatic heterocycles. The number of carbonyl (C=O) groups excluding carboxylic acids is 2. The Balaban J connectivity index is 1.40. The third kappa shape index (κ3) is 7.60. The van der Waals surface area contributed by atoms with E-state index < -0.39 is 36.2 Å². The second kappa shape index (κ2) is 13.3. The SMILES string of the molecule is CN(C(=O)C[C@H](CCN1CCCC(F)(F)C1)NC(=O)c1nc(-c2ccccc2C(F)(F)F)n(C2CCCC2)n1)c1nccs1. The zero-order chi connectivity index (χ0) is 31.5. The summed E-state index contributed by atoms with van der Waals surface area (Å²) < 4.78 is 71.3. The molecule has 3 heterocycles. The van der Waals surface area contributed by atoms with Crippen molar-refractivity contribution in [2.45, 2.75) is 75.5 Å². The lowest BCUT2D eigenvalue weighted by Gasteiger charge is -2.33. The Morgan fingerprint density at radius 1 is 1.18 bits per heavy atom. The van der Waals surface area contributed by atoms with E-state index >= 15 is 0 Å². The molecule has 0 radical (unpaired) electrons. The van der Waals surface area contributed by atoms with Crippen molar-refractivity contribution in [2.75, 3.05) is 31.6 Å². The van der Waals surface area contributed by atoms with E-state index in [-0.39, 0.29) is 55.0 Å². The van der Waals surface area contributed by atoms with Gasteiger partial charge < -0.3 is 5.32 Å². The highest BCUT2D eigenvalue weighted by molar-refractivity contribution is 7.13. The van der Waals surface area contributed by atoms with Crippen LogP contribution in [0.15, 0.2) is 35.8 Å². The van der Waals surface area contributed by atoms with E-state index in [0.29, 0.717) is 30.9 Å². The molecule has 1 N–H and O–H groups in total. The number of halogens is 5. The Hall–Kier alpha value is -3.46. The molecule has 238 valence electrons. The van der Waals surface area contributed by atoms with Gasteiger partial charge in [-0.25, -0.2) is 23.4 Å². The Kier molecular flexibility index (Phi) is 9.63. The number of nitrogens with zero attached hydrogens (tertiary/aromatic N) is 6. The van der Waals surface area contributed by atoms with E-state index in [1.54, 1.807) is 23.5 Å². The molecule has 0 spiro atoms. The fourth-order valence-electron chi connectivity index (χ4n) is 5.82. The smallest absolute Gasteiger partial charge is 0.346 e. The van der Waals surface area contributed by atoms with Gasteiger partial charge in [-0.05, 0) is 38.3 Å². The number of carbonyl (C=O) groups is 2. The molecule has 1 aromatic carbocycles. The predicted molar refractivity (Wildman–Crippen MR) is 155 cm³/mol. The van der Waals surface area contributed by atoms with Crippen molar-refractivity contribution in [3.8, 4) is 11.4 Å². The first-order valence-corrected chi connectivity index (χ1v) is 15.5. The van der Waals surface area contributed by atoms with Crippen LogP contribution in [0.2, 0.25) is 0 Å². The van der Waals surface area contributed by atoms with Gasteiger partial charge in [-0.15, -0.1) is 16.4 Å². The number of rotatable bonds is 10. The maximum absolute atomic E-state index is 14.0. The molecule has 0 unspecified atom stereocenters.